The fourth-order valence-corrected chi connectivity index (χ4v) is 2.71. The number of hydrogen-bond acceptors (Lipinski definition) is 5. The second kappa shape index (κ2) is 6.35. The summed E-state index contributed by atoms with van der Waals surface area (Å²) in [5.41, 5.74) is 0.625. The van der Waals surface area contributed by atoms with Crippen molar-refractivity contribution in [2.75, 3.05) is 7.11 Å². The van der Waals surface area contributed by atoms with Crippen molar-refractivity contribution in [3.05, 3.63) is 59.7 Å². The van der Waals surface area contributed by atoms with Crippen LogP contribution in [0.5, 0.6) is 11.5 Å². The number of rotatable bonds is 5. The van der Waals surface area contributed by atoms with Crippen molar-refractivity contribution < 1.29 is 23.8 Å². The molecule has 3 rings (SSSR count). The van der Waals surface area contributed by atoms with Crippen LogP contribution in [0.25, 0.3) is 0 Å². The Morgan fingerprint density at radius 2 is 1.92 bits per heavy atom. The van der Waals surface area contributed by atoms with E-state index in [0.717, 1.165) is 5.56 Å². The van der Waals surface area contributed by atoms with E-state index in [1.807, 2.05) is 30.3 Å². The summed E-state index contributed by atoms with van der Waals surface area (Å²) in [5, 5.41) is 0. The molecule has 0 N–H and O–H groups in total. The third-order valence-electron chi connectivity index (χ3n) is 4.17. The Bertz CT molecular complexity index is 769. The molecule has 0 saturated carbocycles. The average Bonchev–Trinajstić information content (AvgIpc) is 2.84. The summed E-state index contributed by atoms with van der Waals surface area (Å²) in [5.74, 6) is 0.159. The largest absolute Gasteiger partial charge is 0.489 e. The van der Waals surface area contributed by atoms with Crippen LogP contribution >= 0.6 is 0 Å². The van der Waals surface area contributed by atoms with Gasteiger partial charge in [-0.3, -0.25) is 9.59 Å². The molecule has 0 spiro atoms. The van der Waals surface area contributed by atoms with Crippen molar-refractivity contribution in [1.82, 2.24) is 0 Å². The van der Waals surface area contributed by atoms with E-state index in [0.29, 0.717) is 23.7 Å². The molecule has 5 nitrogen and oxygen atoms in total. The maximum absolute atomic E-state index is 12.2. The van der Waals surface area contributed by atoms with Crippen LogP contribution < -0.4 is 9.47 Å². The average molecular weight is 326 g/mol. The van der Waals surface area contributed by atoms with Gasteiger partial charge in [-0.25, -0.2) is 0 Å². The van der Waals surface area contributed by atoms with Gasteiger partial charge in [0.2, 0.25) is 0 Å². The van der Waals surface area contributed by atoms with Crippen molar-refractivity contribution in [3.63, 3.8) is 0 Å². The van der Waals surface area contributed by atoms with E-state index in [-0.39, 0.29) is 6.42 Å². The Kier molecular flexibility index (Phi) is 4.25. The smallest absolute Gasteiger partial charge is 0.322 e. The fourth-order valence-electron chi connectivity index (χ4n) is 2.71. The van der Waals surface area contributed by atoms with Gasteiger partial charge in [-0.1, -0.05) is 30.3 Å². The first-order valence-electron chi connectivity index (χ1n) is 7.63. The third kappa shape index (κ3) is 2.97. The van der Waals surface area contributed by atoms with Crippen molar-refractivity contribution in [2.45, 2.75) is 25.4 Å². The molecule has 24 heavy (non-hydrogen) atoms. The van der Waals surface area contributed by atoms with E-state index in [2.05, 4.69) is 0 Å². The van der Waals surface area contributed by atoms with Crippen LogP contribution in [-0.2, 0) is 26.3 Å². The third-order valence-corrected chi connectivity index (χ3v) is 4.17. The number of esters is 2. The van der Waals surface area contributed by atoms with E-state index >= 15 is 0 Å². The Morgan fingerprint density at radius 1 is 1.17 bits per heavy atom. The summed E-state index contributed by atoms with van der Waals surface area (Å²) >= 11 is 0. The van der Waals surface area contributed by atoms with Gasteiger partial charge >= 0.3 is 11.9 Å². The molecule has 0 aliphatic carbocycles. The molecule has 2 aromatic rings. The first-order chi connectivity index (χ1) is 11.5. The molecule has 0 saturated heterocycles. The van der Waals surface area contributed by atoms with Gasteiger partial charge in [0.1, 0.15) is 23.5 Å². The number of hydrogen-bond donors (Lipinski definition) is 0. The zero-order valence-corrected chi connectivity index (χ0v) is 13.6. The van der Waals surface area contributed by atoms with Gasteiger partial charge in [0.05, 0.1) is 13.5 Å². The van der Waals surface area contributed by atoms with Gasteiger partial charge in [0.25, 0.3) is 0 Å². The summed E-state index contributed by atoms with van der Waals surface area (Å²) in [6, 6.07) is 15.0. The van der Waals surface area contributed by atoms with Gasteiger partial charge in [-0.05, 0) is 30.7 Å². The zero-order chi connectivity index (χ0) is 17.2. The van der Waals surface area contributed by atoms with Gasteiger partial charge < -0.3 is 14.2 Å². The van der Waals surface area contributed by atoms with Crippen LogP contribution in [0.4, 0.5) is 0 Å². The van der Waals surface area contributed by atoms with Crippen molar-refractivity contribution in [3.8, 4) is 11.5 Å². The minimum absolute atomic E-state index is 0.0720. The second-order valence-corrected chi connectivity index (χ2v) is 5.91. The highest BCUT2D eigenvalue weighted by Crippen LogP contribution is 2.43. The molecule has 1 atom stereocenters. The second-order valence-electron chi connectivity index (χ2n) is 5.91. The summed E-state index contributed by atoms with van der Waals surface area (Å²) < 4.78 is 15.8. The first-order valence-corrected chi connectivity index (χ1v) is 7.63. The van der Waals surface area contributed by atoms with Crippen molar-refractivity contribution in [2.24, 2.45) is 0 Å². The van der Waals surface area contributed by atoms with Crippen LogP contribution in [0.3, 0.4) is 0 Å². The molecular weight excluding hydrogens is 308 g/mol. The number of methoxy groups -OCH3 is 1. The molecule has 1 aliphatic rings. The molecular formula is C19H18O5. The molecule has 1 heterocycles. The molecule has 2 aromatic carbocycles. The summed E-state index contributed by atoms with van der Waals surface area (Å²) in [4.78, 5) is 23.9. The quantitative estimate of drug-likeness (QED) is 0.624. The van der Waals surface area contributed by atoms with Crippen LogP contribution in [0.2, 0.25) is 0 Å². The lowest BCUT2D eigenvalue weighted by molar-refractivity contribution is -0.148. The number of carbonyl (C=O) groups is 2. The predicted octanol–water partition coefficient (Wildman–Crippen LogP) is 3.01. The molecule has 1 aliphatic heterocycles. The Morgan fingerprint density at radius 3 is 2.62 bits per heavy atom. The molecule has 5 heteroatoms. The Balaban J connectivity index is 1.83. The Hall–Kier alpha value is -2.82. The topological polar surface area (TPSA) is 61.8 Å². The Labute approximate surface area is 140 Å². The van der Waals surface area contributed by atoms with E-state index in [1.54, 1.807) is 25.1 Å². The van der Waals surface area contributed by atoms with Gasteiger partial charge in [0, 0.05) is 5.56 Å². The highest BCUT2D eigenvalue weighted by atomic mass is 16.5. The van der Waals surface area contributed by atoms with E-state index in [1.165, 1.54) is 7.11 Å². The molecule has 0 radical (unpaired) electrons. The normalized spacial score (nSPS) is 18.7. The summed E-state index contributed by atoms with van der Waals surface area (Å²) in [6.07, 6.45) is -0.0720. The van der Waals surface area contributed by atoms with E-state index in [4.69, 9.17) is 14.2 Å². The number of fused-ring (bicyclic) bond motifs is 1. The first kappa shape index (κ1) is 16.1. The van der Waals surface area contributed by atoms with E-state index in [9.17, 15) is 9.59 Å². The molecule has 0 fully saturated rings. The number of carbonyl (C=O) groups excluding carboxylic acids is 2. The minimum atomic E-state index is -1.06. The lowest BCUT2D eigenvalue weighted by atomic mass is 9.81. The maximum atomic E-state index is 12.2. The monoisotopic (exact) mass is 326 g/mol. The molecule has 124 valence electrons. The predicted molar refractivity (Wildman–Crippen MR) is 86.8 cm³/mol. The van der Waals surface area contributed by atoms with Gasteiger partial charge in [-0.15, -0.1) is 0 Å². The highest BCUT2D eigenvalue weighted by molar-refractivity contribution is 5.94. The van der Waals surface area contributed by atoms with Crippen LogP contribution in [0.15, 0.2) is 48.5 Å². The lowest BCUT2D eigenvalue weighted by Gasteiger charge is -2.19. The van der Waals surface area contributed by atoms with Crippen LogP contribution in [0.1, 0.15) is 24.5 Å². The number of benzene rings is 2. The number of ether oxygens (including phenoxy) is 3. The van der Waals surface area contributed by atoms with Crippen LogP contribution in [0, 0.1) is 0 Å². The van der Waals surface area contributed by atoms with Crippen LogP contribution in [-0.4, -0.2) is 19.0 Å². The highest BCUT2D eigenvalue weighted by Gasteiger charge is 2.47. The van der Waals surface area contributed by atoms with E-state index < -0.39 is 17.4 Å². The molecule has 0 amide bonds. The summed E-state index contributed by atoms with van der Waals surface area (Å²) in [7, 11) is 1.30. The fraction of sp³-hybridized carbons (Fsp3) is 0.263. The maximum Gasteiger partial charge on any atom is 0.322 e. The minimum Gasteiger partial charge on any atom is -0.489 e. The molecule has 0 bridgehead atoms. The summed E-state index contributed by atoms with van der Waals surface area (Å²) in [6.45, 7) is 2.10. The lowest BCUT2D eigenvalue weighted by Crippen LogP contribution is -2.33. The van der Waals surface area contributed by atoms with Gasteiger partial charge in [-0.2, -0.15) is 0 Å². The standard InChI is InChI=1S/C19H18O5/c1-19(11-17(20)22-2)15-10-14(8-9-16(15)24-18(19)21)23-12-13-6-4-3-5-7-13/h3-10H,11-12H2,1-2H3. The van der Waals surface area contributed by atoms with Gasteiger partial charge in [0.15, 0.2) is 0 Å². The molecule has 0 aromatic heterocycles. The zero-order valence-electron chi connectivity index (χ0n) is 13.6. The van der Waals surface area contributed by atoms with Crippen molar-refractivity contribution >= 4 is 11.9 Å². The molecule has 1 unspecified atom stereocenters. The SMILES string of the molecule is COC(=O)CC1(C)C(=O)Oc2ccc(OCc3ccccc3)cc21. The van der Waals surface area contributed by atoms with Crippen molar-refractivity contribution in [1.29, 1.82) is 0 Å².